The summed E-state index contributed by atoms with van der Waals surface area (Å²) in [6, 6.07) is 7.19. The lowest BCUT2D eigenvalue weighted by molar-refractivity contribution is 1.57. The normalized spacial score (nSPS) is 7.86. The lowest BCUT2D eigenvalue weighted by Crippen LogP contribution is -2.00. The van der Waals surface area contributed by atoms with Gasteiger partial charge in [0.05, 0.1) is 10.0 Å². The molecule has 1 aromatic rings. The SMILES string of the molecule is Clc1ccccc1Cl.[N-]=[N+]=NC(N)=S. The van der Waals surface area contributed by atoms with E-state index in [-0.39, 0.29) is 5.11 Å². The summed E-state index contributed by atoms with van der Waals surface area (Å²) in [5.41, 5.74) is 12.2. The molecule has 0 bridgehead atoms. The number of nitrogens with two attached hydrogens (primary N) is 1. The van der Waals surface area contributed by atoms with Gasteiger partial charge in [0.2, 0.25) is 0 Å². The van der Waals surface area contributed by atoms with Crippen molar-refractivity contribution in [3.8, 4) is 0 Å². The van der Waals surface area contributed by atoms with Crippen LogP contribution in [0.1, 0.15) is 0 Å². The zero-order chi connectivity index (χ0) is 11.0. The predicted octanol–water partition coefficient (Wildman–Crippen LogP) is 3.53. The molecular weight excluding hydrogens is 243 g/mol. The number of benzene rings is 1. The molecule has 1 aromatic carbocycles. The van der Waals surface area contributed by atoms with Crippen molar-refractivity contribution >= 4 is 40.5 Å². The van der Waals surface area contributed by atoms with Gasteiger partial charge in [-0.2, -0.15) is 0 Å². The van der Waals surface area contributed by atoms with Crippen LogP contribution >= 0.6 is 35.4 Å². The Morgan fingerprint density at radius 1 is 1.36 bits per heavy atom. The third kappa shape index (κ3) is 6.51. The van der Waals surface area contributed by atoms with Crippen LogP contribution in [0, 0.1) is 0 Å². The molecule has 0 aliphatic carbocycles. The molecule has 0 heterocycles. The van der Waals surface area contributed by atoms with Gasteiger partial charge in [0.15, 0.2) is 5.11 Å². The Labute approximate surface area is 96.2 Å². The van der Waals surface area contributed by atoms with Crippen LogP contribution in [0.3, 0.4) is 0 Å². The molecule has 0 aliphatic heterocycles. The first kappa shape index (κ1) is 13.0. The van der Waals surface area contributed by atoms with E-state index in [4.69, 9.17) is 34.5 Å². The van der Waals surface area contributed by atoms with Gasteiger partial charge in [-0.05, 0) is 22.8 Å². The molecule has 1 rings (SSSR count). The van der Waals surface area contributed by atoms with Crippen molar-refractivity contribution in [2.24, 2.45) is 10.8 Å². The van der Waals surface area contributed by atoms with Gasteiger partial charge >= 0.3 is 0 Å². The molecule has 0 spiro atoms. The minimum Gasteiger partial charge on any atom is -0.388 e. The number of halogens is 2. The molecule has 0 amide bonds. The quantitative estimate of drug-likeness (QED) is 0.330. The maximum Gasteiger partial charge on any atom is 0.160 e. The van der Waals surface area contributed by atoms with Crippen molar-refractivity contribution in [2.45, 2.75) is 0 Å². The van der Waals surface area contributed by atoms with Crippen LogP contribution in [0.5, 0.6) is 0 Å². The largest absolute Gasteiger partial charge is 0.388 e. The van der Waals surface area contributed by atoms with Crippen molar-refractivity contribution in [1.29, 1.82) is 0 Å². The van der Waals surface area contributed by atoms with Gasteiger partial charge < -0.3 is 5.73 Å². The molecule has 7 heteroatoms. The minimum atomic E-state index is -0.169. The highest BCUT2D eigenvalue weighted by molar-refractivity contribution is 7.80. The molecule has 14 heavy (non-hydrogen) atoms. The minimum absolute atomic E-state index is 0.169. The first-order valence-corrected chi connectivity index (χ1v) is 4.49. The molecule has 0 saturated carbocycles. The van der Waals surface area contributed by atoms with E-state index in [1.807, 2.05) is 12.1 Å². The van der Waals surface area contributed by atoms with Crippen LogP contribution in [-0.4, -0.2) is 5.11 Å². The highest BCUT2D eigenvalue weighted by Crippen LogP contribution is 2.19. The van der Waals surface area contributed by atoms with Gasteiger partial charge in [-0.1, -0.05) is 47.6 Å². The Morgan fingerprint density at radius 2 is 1.79 bits per heavy atom. The zero-order valence-corrected chi connectivity index (χ0v) is 9.22. The second kappa shape index (κ2) is 7.41. The van der Waals surface area contributed by atoms with E-state index in [1.54, 1.807) is 12.1 Å². The van der Waals surface area contributed by atoms with Crippen LogP contribution in [0.15, 0.2) is 29.4 Å². The average molecular weight is 249 g/mol. The molecular formula is C7H6Cl2N4S. The van der Waals surface area contributed by atoms with Crippen LogP contribution in [0.25, 0.3) is 10.4 Å². The summed E-state index contributed by atoms with van der Waals surface area (Å²) >= 11 is 15.3. The second-order valence-corrected chi connectivity index (χ2v) is 3.17. The van der Waals surface area contributed by atoms with Crippen molar-refractivity contribution < 1.29 is 0 Å². The van der Waals surface area contributed by atoms with E-state index in [0.29, 0.717) is 10.0 Å². The molecule has 0 aliphatic rings. The van der Waals surface area contributed by atoms with E-state index in [2.05, 4.69) is 22.2 Å². The molecule has 0 radical (unpaired) electrons. The average Bonchev–Trinajstić information content (AvgIpc) is 2.11. The van der Waals surface area contributed by atoms with Crippen molar-refractivity contribution in [1.82, 2.24) is 0 Å². The third-order valence-electron chi connectivity index (χ3n) is 0.968. The van der Waals surface area contributed by atoms with Crippen LogP contribution < -0.4 is 5.73 Å². The number of hydrogen-bond donors (Lipinski definition) is 1. The van der Waals surface area contributed by atoms with Gasteiger partial charge in [-0.15, -0.1) is 0 Å². The number of hydrogen-bond acceptors (Lipinski definition) is 1. The van der Waals surface area contributed by atoms with Crippen molar-refractivity contribution in [3.63, 3.8) is 0 Å². The standard InChI is InChI=1S/C6H4Cl2.CH2N4S/c7-5-3-1-2-4-6(5)8;2-1(6)4-5-3/h1-4H;(H2,2,6). The third-order valence-corrected chi connectivity index (χ3v) is 1.81. The van der Waals surface area contributed by atoms with E-state index in [0.717, 1.165) is 0 Å². The zero-order valence-electron chi connectivity index (χ0n) is 6.89. The molecule has 0 fully saturated rings. The first-order chi connectivity index (χ1) is 6.57. The van der Waals surface area contributed by atoms with E-state index in [1.165, 1.54) is 0 Å². The predicted molar refractivity (Wildman–Crippen MR) is 62.4 cm³/mol. The summed E-state index contributed by atoms with van der Waals surface area (Å²) in [5, 5.41) is 3.86. The Morgan fingerprint density at radius 3 is 1.93 bits per heavy atom. The van der Waals surface area contributed by atoms with Crippen molar-refractivity contribution in [3.05, 3.63) is 44.8 Å². The lowest BCUT2D eigenvalue weighted by Gasteiger charge is -1.88. The van der Waals surface area contributed by atoms with E-state index in [9.17, 15) is 0 Å². The number of thiocarbonyl (C=S) groups is 1. The van der Waals surface area contributed by atoms with Gasteiger partial charge in [-0.3, -0.25) is 0 Å². The molecule has 2 N–H and O–H groups in total. The van der Waals surface area contributed by atoms with Crippen molar-refractivity contribution in [2.75, 3.05) is 0 Å². The molecule has 74 valence electrons. The Balaban J connectivity index is 0.000000255. The number of rotatable bonds is 0. The van der Waals surface area contributed by atoms with Crippen LogP contribution in [0.2, 0.25) is 10.0 Å². The van der Waals surface area contributed by atoms with E-state index < -0.39 is 0 Å². The summed E-state index contributed by atoms with van der Waals surface area (Å²) in [6.07, 6.45) is 0. The topological polar surface area (TPSA) is 74.8 Å². The molecule has 0 aromatic heterocycles. The van der Waals surface area contributed by atoms with Crippen LogP contribution in [0.4, 0.5) is 0 Å². The van der Waals surface area contributed by atoms with Gasteiger partial charge in [0, 0.05) is 4.91 Å². The maximum atomic E-state index is 7.53. The number of nitrogens with zero attached hydrogens (tertiary/aromatic N) is 3. The summed E-state index contributed by atoms with van der Waals surface area (Å²) in [6.45, 7) is 0. The van der Waals surface area contributed by atoms with E-state index >= 15 is 0 Å². The second-order valence-electron chi connectivity index (χ2n) is 1.94. The fourth-order valence-corrected chi connectivity index (χ4v) is 0.791. The highest BCUT2D eigenvalue weighted by Gasteiger charge is 1.89. The first-order valence-electron chi connectivity index (χ1n) is 3.32. The monoisotopic (exact) mass is 248 g/mol. The lowest BCUT2D eigenvalue weighted by atomic mass is 10.4. The molecule has 0 unspecified atom stereocenters. The maximum absolute atomic E-state index is 7.53. The highest BCUT2D eigenvalue weighted by atomic mass is 35.5. The Bertz CT molecular complexity index is 341. The summed E-state index contributed by atoms with van der Waals surface area (Å²) in [4.78, 5) is 2.29. The summed E-state index contributed by atoms with van der Waals surface area (Å²) in [7, 11) is 0. The number of azide groups is 1. The molecule has 0 atom stereocenters. The Kier molecular flexibility index (Phi) is 6.88. The molecule has 0 saturated heterocycles. The molecule has 4 nitrogen and oxygen atoms in total. The van der Waals surface area contributed by atoms with Crippen LogP contribution in [-0.2, 0) is 0 Å². The summed E-state index contributed by atoms with van der Waals surface area (Å²) < 4.78 is 0. The fraction of sp³-hybridized carbons (Fsp3) is 0. The fourth-order valence-electron chi connectivity index (χ4n) is 0.483. The van der Waals surface area contributed by atoms with Gasteiger partial charge in [-0.25, -0.2) is 0 Å². The van der Waals surface area contributed by atoms with Gasteiger partial charge in [0.25, 0.3) is 0 Å². The summed E-state index contributed by atoms with van der Waals surface area (Å²) in [5.74, 6) is 0. The van der Waals surface area contributed by atoms with Gasteiger partial charge in [0.1, 0.15) is 0 Å². The smallest absolute Gasteiger partial charge is 0.160 e. The Hall–Kier alpha value is -1.00.